The molecular formula is C30H20BrIO2. The van der Waals surface area contributed by atoms with Gasteiger partial charge in [0.05, 0.1) is 0 Å². The van der Waals surface area contributed by atoms with Crippen LogP contribution in [0.15, 0.2) is 114 Å². The lowest BCUT2D eigenvalue weighted by molar-refractivity contribution is 0.0919. The number of fused-ring (bicyclic) bond motifs is 3. The van der Waals surface area contributed by atoms with Crippen LogP contribution in [0.2, 0.25) is 0 Å². The van der Waals surface area contributed by atoms with Gasteiger partial charge in [0, 0.05) is 8.04 Å². The molecule has 2 atom stereocenters. The topological polar surface area (TPSA) is 40.5 Å². The molecule has 34 heavy (non-hydrogen) atoms. The van der Waals surface area contributed by atoms with E-state index in [2.05, 4.69) is 44.6 Å². The van der Waals surface area contributed by atoms with Crippen molar-refractivity contribution >= 4 is 60.1 Å². The van der Waals surface area contributed by atoms with Crippen molar-refractivity contribution in [3.05, 3.63) is 140 Å². The Labute approximate surface area is 219 Å². The third kappa shape index (κ3) is 3.13. The normalized spacial score (nSPS) is 21.6. The molecule has 0 saturated heterocycles. The van der Waals surface area contributed by atoms with Crippen molar-refractivity contribution < 1.29 is 10.2 Å². The molecule has 0 unspecified atom stereocenters. The number of hydrogen-bond acceptors (Lipinski definition) is 2. The highest BCUT2D eigenvalue weighted by atomic mass is 127. The van der Waals surface area contributed by atoms with Crippen LogP contribution in [0.25, 0.3) is 21.5 Å². The fourth-order valence-electron chi connectivity index (χ4n) is 5.23. The van der Waals surface area contributed by atoms with E-state index >= 15 is 0 Å². The molecule has 2 nitrogen and oxygen atoms in total. The Morgan fingerprint density at radius 1 is 0.500 bits per heavy atom. The van der Waals surface area contributed by atoms with Crippen LogP contribution in [0, 0.1) is 3.57 Å². The predicted octanol–water partition coefficient (Wildman–Crippen LogP) is 7.40. The molecule has 0 heterocycles. The molecule has 4 heteroatoms. The lowest BCUT2D eigenvalue weighted by Crippen LogP contribution is -2.38. The molecule has 0 aromatic heterocycles. The van der Waals surface area contributed by atoms with Gasteiger partial charge in [-0.1, -0.05) is 101 Å². The van der Waals surface area contributed by atoms with Gasteiger partial charge in [-0.05, 0) is 90.7 Å². The molecule has 0 spiro atoms. The van der Waals surface area contributed by atoms with Crippen LogP contribution in [0.5, 0.6) is 0 Å². The third-order valence-electron chi connectivity index (χ3n) is 6.88. The van der Waals surface area contributed by atoms with Gasteiger partial charge in [0.1, 0.15) is 11.2 Å². The second-order valence-electron chi connectivity index (χ2n) is 8.69. The molecule has 0 saturated carbocycles. The van der Waals surface area contributed by atoms with E-state index in [1.807, 2.05) is 91.0 Å². The zero-order valence-electron chi connectivity index (χ0n) is 18.0. The first kappa shape index (κ1) is 22.0. The molecule has 5 aromatic rings. The summed E-state index contributed by atoms with van der Waals surface area (Å²) in [6.07, 6.45) is 3.50. The van der Waals surface area contributed by atoms with E-state index in [-0.39, 0.29) is 0 Å². The number of aliphatic hydroxyl groups is 2. The van der Waals surface area contributed by atoms with Crippen molar-refractivity contribution in [3.63, 3.8) is 0 Å². The molecule has 0 radical (unpaired) electrons. The van der Waals surface area contributed by atoms with Crippen LogP contribution in [-0.4, -0.2) is 10.2 Å². The number of halogens is 2. The Bertz CT molecular complexity index is 1510. The minimum atomic E-state index is -1.39. The Balaban J connectivity index is 1.64. The summed E-state index contributed by atoms with van der Waals surface area (Å²) in [6.45, 7) is 0. The van der Waals surface area contributed by atoms with Crippen molar-refractivity contribution in [3.8, 4) is 0 Å². The highest BCUT2D eigenvalue weighted by Crippen LogP contribution is 2.48. The van der Waals surface area contributed by atoms with Crippen LogP contribution in [0.4, 0.5) is 0 Å². The monoisotopic (exact) mass is 618 g/mol. The van der Waals surface area contributed by atoms with Crippen molar-refractivity contribution in [2.24, 2.45) is 0 Å². The molecular weight excluding hydrogens is 599 g/mol. The van der Waals surface area contributed by atoms with E-state index in [4.69, 9.17) is 0 Å². The zero-order chi connectivity index (χ0) is 23.5. The Morgan fingerprint density at radius 3 is 1.53 bits per heavy atom. The minimum absolute atomic E-state index is 0.676. The molecule has 1 aliphatic carbocycles. The van der Waals surface area contributed by atoms with E-state index < -0.39 is 11.2 Å². The highest BCUT2D eigenvalue weighted by molar-refractivity contribution is 14.1. The van der Waals surface area contributed by atoms with Crippen LogP contribution in [-0.2, 0) is 11.2 Å². The van der Waals surface area contributed by atoms with Gasteiger partial charge in [-0.25, -0.2) is 0 Å². The maximum atomic E-state index is 12.2. The second kappa shape index (κ2) is 8.02. The summed E-state index contributed by atoms with van der Waals surface area (Å²) in [6, 6.07) is 31.8. The fraction of sp³-hybridized carbons (Fsp3) is 0.0667. The van der Waals surface area contributed by atoms with Gasteiger partial charge in [0.25, 0.3) is 0 Å². The van der Waals surface area contributed by atoms with Crippen molar-refractivity contribution in [2.45, 2.75) is 11.2 Å². The van der Waals surface area contributed by atoms with Crippen molar-refractivity contribution in [2.75, 3.05) is 0 Å². The van der Waals surface area contributed by atoms with Crippen molar-refractivity contribution in [1.82, 2.24) is 0 Å². The van der Waals surface area contributed by atoms with Crippen LogP contribution in [0.3, 0.4) is 0 Å². The Hall–Kier alpha value is -2.51. The Kier molecular flexibility index (Phi) is 5.19. The molecule has 6 rings (SSSR count). The lowest BCUT2D eigenvalue weighted by Gasteiger charge is -2.40. The van der Waals surface area contributed by atoms with E-state index in [1.165, 1.54) is 0 Å². The second-order valence-corrected chi connectivity index (χ2v) is 10.7. The molecule has 2 N–H and O–H groups in total. The molecule has 1 aliphatic rings. The van der Waals surface area contributed by atoms with Crippen LogP contribution >= 0.6 is 38.5 Å². The van der Waals surface area contributed by atoms with E-state index in [0.29, 0.717) is 11.1 Å². The maximum Gasteiger partial charge on any atom is 0.134 e. The number of hydrogen-bond donors (Lipinski definition) is 2. The van der Waals surface area contributed by atoms with Crippen molar-refractivity contribution in [1.29, 1.82) is 0 Å². The summed E-state index contributed by atoms with van der Waals surface area (Å²) in [5.74, 6) is 0. The van der Waals surface area contributed by atoms with Crippen LogP contribution in [0.1, 0.15) is 22.3 Å². The molecule has 0 amide bonds. The van der Waals surface area contributed by atoms with Gasteiger partial charge in [0.2, 0.25) is 0 Å². The standard InChI is InChI=1S/C30H20BrIO2/c31-27-15-13-23(19-7-1-3-9-21(19)27)29(33)17-18-30(34,26-12-6-5-11-25(26)29)24-14-16-28(32)22-10-4-2-8-20(22)24/h1-18,33-34H/t29-,30+/m1/s1. The smallest absolute Gasteiger partial charge is 0.134 e. The van der Waals surface area contributed by atoms with Gasteiger partial charge in [0.15, 0.2) is 0 Å². The van der Waals surface area contributed by atoms with Gasteiger partial charge < -0.3 is 10.2 Å². The predicted molar refractivity (Wildman–Crippen MR) is 150 cm³/mol. The largest absolute Gasteiger partial charge is 0.377 e. The van der Waals surface area contributed by atoms with E-state index in [9.17, 15) is 10.2 Å². The summed E-state index contributed by atoms with van der Waals surface area (Å²) in [5, 5.41) is 28.5. The van der Waals surface area contributed by atoms with Gasteiger partial charge in [-0.2, -0.15) is 0 Å². The SMILES string of the molecule is O[C@]1(c2ccc(I)c3ccccc23)C=C[C@@](O)(c2ccc(Br)c3ccccc23)c2ccccc21. The third-order valence-corrected chi connectivity index (χ3v) is 8.51. The zero-order valence-corrected chi connectivity index (χ0v) is 21.8. The summed E-state index contributed by atoms with van der Waals surface area (Å²) >= 11 is 5.97. The van der Waals surface area contributed by atoms with Gasteiger partial charge >= 0.3 is 0 Å². The average molecular weight is 619 g/mol. The molecule has 5 aromatic carbocycles. The quantitative estimate of drug-likeness (QED) is 0.160. The summed E-state index contributed by atoms with van der Waals surface area (Å²) < 4.78 is 2.11. The molecule has 0 bridgehead atoms. The Morgan fingerprint density at radius 2 is 0.941 bits per heavy atom. The van der Waals surface area contributed by atoms with E-state index in [1.54, 1.807) is 12.2 Å². The summed E-state index contributed by atoms with van der Waals surface area (Å²) in [7, 11) is 0. The first-order chi connectivity index (χ1) is 16.4. The van der Waals surface area contributed by atoms with E-state index in [0.717, 1.165) is 40.7 Å². The minimum Gasteiger partial charge on any atom is -0.377 e. The van der Waals surface area contributed by atoms with Gasteiger partial charge in [-0.3, -0.25) is 0 Å². The maximum absolute atomic E-state index is 12.2. The molecule has 166 valence electrons. The van der Waals surface area contributed by atoms with Crippen LogP contribution < -0.4 is 0 Å². The summed E-state index contributed by atoms with van der Waals surface area (Å²) in [5.41, 5.74) is 0.174. The van der Waals surface area contributed by atoms with Gasteiger partial charge in [-0.15, -0.1) is 0 Å². The summed E-state index contributed by atoms with van der Waals surface area (Å²) in [4.78, 5) is 0. The number of benzene rings is 5. The number of rotatable bonds is 2. The lowest BCUT2D eigenvalue weighted by atomic mass is 9.70. The highest BCUT2D eigenvalue weighted by Gasteiger charge is 2.44. The average Bonchev–Trinajstić information content (AvgIpc) is 2.87. The fourth-order valence-corrected chi connectivity index (χ4v) is 6.36. The first-order valence-electron chi connectivity index (χ1n) is 11.0. The molecule has 0 aliphatic heterocycles. The first-order valence-corrected chi connectivity index (χ1v) is 12.9. The molecule has 0 fully saturated rings.